The van der Waals surface area contributed by atoms with E-state index in [1.54, 1.807) is 0 Å². The number of carbonyl (C=O) groups excluding carboxylic acids is 1. The topological polar surface area (TPSA) is 30.2 Å². The molecule has 1 aromatic rings. The van der Waals surface area contributed by atoms with Gasteiger partial charge in [-0.3, -0.25) is 4.79 Å². The third-order valence-electron chi connectivity index (χ3n) is 4.14. The van der Waals surface area contributed by atoms with E-state index >= 15 is 0 Å². The maximum Gasteiger partial charge on any atom is 0.197 e. The van der Waals surface area contributed by atoms with Crippen molar-refractivity contribution in [1.29, 1.82) is 0 Å². The maximum absolute atomic E-state index is 11.5. The highest BCUT2D eigenvalue weighted by Crippen LogP contribution is 2.18. The number of ketones is 1. The monoisotopic (exact) mass is 338 g/mol. The molecule has 0 fully saturated rings. The zero-order valence-electron chi connectivity index (χ0n) is 15.1. The van der Waals surface area contributed by atoms with Gasteiger partial charge in [0.1, 0.15) is 5.76 Å². The first kappa shape index (κ1) is 20.3. The van der Waals surface area contributed by atoms with Gasteiger partial charge < -0.3 is 4.42 Å². The third-order valence-corrected chi connectivity index (χ3v) is 5.21. The molecule has 0 N–H and O–H groups in total. The summed E-state index contributed by atoms with van der Waals surface area (Å²) in [6.07, 6.45) is 14.4. The van der Waals surface area contributed by atoms with Crippen LogP contribution in [0, 0.1) is 0 Å². The van der Waals surface area contributed by atoms with E-state index in [9.17, 15) is 4.79 Å². The number of carbonyl (C=O) groups is 1. The Morgan fingerprint density at radius 1 is 0.913 bits per heavy atom. The molecule has 0 bridgehead atoms. The van der Waals surface area contributed by atoms with Crippen molar-refractivity contribution in [3.8, 4) is 0 Å². The number of furan rings is 1. The summed E-state index contributed by atoms with van der Waals surface area (Å²) < 4.78 is 5.57. The van der Waals surface area contributed by atoms with Gasteiger partial charge >= 0.3 is 0 Å². The van der Waals surface area contributed by atoms with E-state index in [2.05, 4.69) is 6.92 Å². The number of thioether (sulfide) groups is 1. The predicted molar refractivity (Wildman–Crippen MR) is 101 cm³/mol. The molecule has 0 saturated heterocycles. The number of rotatable bonds is 15. The molecule has 0 saturated carbocycles. The van der Waals surface area contributed by atoms with Crippen LogP contribution < -0.4 is 0 Å². The fraction of sp³-hybridized carbons (Fsp3) is 0.750. The van der Waals surface area contributed by atoms with E-state index in [0.717, 1.165) is 11.5 Å². The Morgan fingerprint density at radius 2 is 1.52 bits per heavy atom. The number of unbranched alkanes of at least 4 members (excludes halogenated alkanes) is 9. The Hall–Kier alpha value is -0.700. The molecule has 0 radical (unpaired) electrons. The highest BCUT2D eigenvalue weighted by molar-refractivity contribution is 7.98. The SMILES string of the molecule is CCCCCCCCCCCCSCc1ccc(C(=O)CC)o1. The van der Waals surface area contributed by atoms with Crippen LogP contribution in [0.4, 0.5) is 0 Å². The Kier molecular flexibility index (Phi) is 12.1. The number of hydrogen-bond donors (Lipinski definition) is 0. The Bertz CT molecular complexity index is 412. The molecule has 0 spiro atoms. The van der Waals surface area contributed by atoms with Crippen LogP contribution in [0.3, 0.4) is 0 Å². The van der Waals surface area contributed by atoms with Crippen molar-refractivity contribution in [3.05, 3.63) is 23.7 Å². The molecule has 0 aliphatic rings. The largest absolute Gasteiger partial charge is 0.457 e. The predicted octanol–water partition coefficient (Wildman–Crippen LogP) is 7.03. The van der Waals surface area contributed by atoms with Gasteiger partial charge in [-0.05, 0) is 24.3 Å². The first-order valence-electron chi connectivity index (χ1n) is 9.47. The molecular formula is C20H34O2S. The standard InChI is InChI=1S/C20H34O2S/c1-3-5-6-7-8-9-10-11-12-13-16-23-17-18-14-15-20(22-18)19(21)4-2/h14-15H,3-13,16-17H2,1-2H3. The average Bonchev–Trinajstić information content (AvgIpc) is 3.04. The molecule has 0 aliphatic carbocycles. The lowest BCUT2D eigenvalue weighted by Crippen LogP contribution is -1.92. The first-order valence-corrected chi connectivity index (χ1v) is 10.6. The van der Waals surface area contributed by atoms with E-state index in [0.29, 0.717) is 12.2 Å². The van der Waals surface area contributed by atoms with Crippen LogP contribution in [0.15, 0.2) is 16.5 Å². The summed E-state index contributed by atoms with van der Waals surface area (Å²) in [6.45, 7) is 4.14. The van der Waals surface area contributed by atoms with Gasteiger partial charge in [0.25, 0.3) is 0 Å². The molecule has 2 nitrogen and oxygen atoms in total. The highest BCUT2D eigenvalue weighted by atomic mass is 32.2. The van der Waals surface area contributed by atoms with Gasteiger partial charge in [0.05, 0.1) is 5.75 Å². The minimum atomic E-state index is 0.0935. The van der Waals surface area contributed by atoms with E-state index < -0.39 is 0 Å². The van der Waals surface area contributed by atoms with Gasteiger partial charge in [-0.1, -0.05) is 71.6 Å². The van der Waals surface area contributed by atoms with Crippen molar-refractivity contribution in [2.24, 2.45) is 0 Å². The van der Waals surface area contributed by atoms with Gasteiger partial charge in [-0.2, -0.15) is 11.8 Å². The van der Waals surface area contributed by atoms with Crippen LogP contribution in [-0.4, -0.2) is 11.5 Å². The van der Waals surface area contributed by atoms with Crippen LogP contribution in [0.2, 0.25) is 0 Å². The molecule has 3 heteroatoms. The summed E-state index contributed by atoms with van der Waals surface area (Å²) in [5, 5.41) is 0. The molecule has 0 atom stereocenters. The number of Topliss-reactive ketones (excluding diaryl/α,β-unsaturated/α-hetero) is 1. The van der Waals surface area contributed by atoms with Gasteiger partial charge in [-0.15, -0.1) is 0 Å². The Labute approximate surface area is 146 Å². The lowest BCUT2D eigenvalue weighted by Gasteiger charge is -2.02. The maximum atomic E-state index is 11.5. The molecular weight excluding hydrogens is 304 g/mol. The summed E-state index contributed by atoms with van der Waals surface area (Å²) in [6, 6.07) is 3.75. The van der Waals surface area contributed by atoms with Crippen molar-refractivity contribution >= 4 is 17.5 Å². The van der Waals surface area contributed by atoms with E-state index in [-0.39, 0.29) is 5.78 Å². The molecule has 0 aromatic carbocycles. The van der Waals surface area contributed by atoms with Gasteiger partial charge in [0.2, 0.25) is 0 Å². The van der Waals surface area contributed by atoms with Crippen LogP contribution >= 0.6 is 11.8 Å². The van der Waals surface area contributed by atoms with Crippen LogP contribution in [0.25, 0.3) is 0 Å². The van der Waals surface area contributed by atoms with Gasteiger partial charge in [0.15, 0.2) is 11.5 Å². The zero-order valence-corrected chi connectivity index (χ0v) is 15.9. The lowest BCUT2D eigenvalue weighted by molar-refractivity contribution is 0.0960. The first-order chi connectivity index (χ1) is 11.3. The molecule has 0 amide bonds. The summed E-state index contributed by atoms with van der Waals surface area (Å²) >= 11 is 1.91. The quantitative estimate of drug-likeness (QED) is 0.254. The third kappa shape index (κ3) is 9.91. The van der Waals surface area contributed by atoms with Crippen molar-refractivity contribution in [3.63, 3.8) is 0 Å². The molecule has 23 heavy (non-hydrogen) atoms. The van der Waals surface area contributed by atoms with E-state index in [4.69, 9.17) is 4.42 Å². The Morgan fingerprint density at radius 3 is 2.13 bits per heavy atom. The van der Waals surface area contributed by atoms with Crippen molar-refractivity contribution in [2.45, 2.75) is 90.2 Å². The fourth-order valence-electron chi connectivity index (χ4n) is 2.64. The highest BCUT2D eigenvalue weighted by Gasteiger charge is 2.08. The van der Waals surface area contributed by atoms with E-state index in [1.165, 1.54) is 70.0 Å². The van der Waals surface area contributed by atoms with Crippen LogP contribution in [-0.2, 0) is 5.75 Å². The fourth-order valence-corrected chi connectivity index (χ4v) is 3.55. The van der Waals surface area contributed by atoms with Gasteiger partial charge in [-0.25, -0.2) is 0 Å². The Balaban J connectivity index is 1.90. The minimum Gasteiger partial charge on any atom is -0.457 e. The summed E-state index contributed by atoms with van der Waals surface area (Å²) in [5.41, 5.74) is 0. The summed E-state index contributed by atoms with van der Waals surface area (Å²) in [4.78, 5) is 11.5. The van der Waals surface area contributed by atoms with Crippen molar-refractivity contribution < 1.29 is 9.21 Å². The molecule has 1 aromatic heterocycles. The smallest absolute Gasteiger partial charge is 0.197 e. The molecule has 1 rings (SSSR count). The zero-order chi connectivity index (χ0) is 16.8. The number of hydrogen-bond acceptors (Lipinski definition) is 3. The second-order valence-electron chi connectivity index (χ2n) is 6.28. The lowest BCUT2D eigenvalue weighted by atomic mass is 10.1. The molecule has 132 valence electrons. The van der Waals surface area contributed by atoms with E-state index in [1.807, 2.05) is 30.8 Å². The normalized spacial score (nSPS) is 11.0. The molecule has 0 unspecified atom stereocenters. The molecule has 0 aliphatic heterocycles. The second-order valence-corrected chi connectivity index (χ2v) is 7.38. The van der Waals surface area contributed by atoms with Crippen molar-refractivity contribution in [1.82, 2.24) is 0 Å². The summed E-state index contributed by atoms with van der Waals surface area (Å²) in [5.74, 6) is 3.61. The van der Waals surface area contributed by atoms with Crippen LogP contribution in [0.1, 0.15) is 101 Å². The molecule has 1 heterocycles. The van der Waals surface area contributed by atoms with Crippen LogP contribution in [0.5, 0.6) is 0 Å². The van der Waals surface area contributed by atoms with Gasteiger partial charge in [0, 0.05) is 6.42 Å². The average molecular weight is 339 g/mol. The minimum absolute atomic E-state index is 0.0935. The van der Waals surface area contributed by atoms with Crippen molar-refractivity contribution in [2.75, 3.05) is 5.75 Å². The second kappa shape index (κ2) is 13.7. The summed E-state index contributed by atoms with van der Waals surface area (Å²) in [7, 11) is 0.